The maximum atomic E-state index is 14.5. The van der Waals surface area contributed by atoms with E-state index in [0.717, 1.165) is 36.2 Å². The number of benzene rings is 3. The Labute approximate surface area is 159 Å². The van der Waals surface area contributed by atoms with Gasteiger partial charge in [0.25, 0.3) is 0 Å². The van der Waals surface area contributed by atoms with Crippen molar-refractivity contribution in [3.05, 3.63) is 94.8 Å². The molecule has 0 N–H and O–H groups in total. The number of halogens is 1. The molecule has 0 saturated heterocycles. The average Bonchev–Trinajstić information content (AvgIpc) is 2.86. The van der Waals surface area contributed by atoms with E-state index in [4.69, 9.17) is 0 Å². The first-order valence-electron chi connectivity index (χ1n) is 9.22. The zero-order chi connectivity index (χ0) is 18.8. The summed E-state index contributed by atoms with van der Waals surface area (Å²) in [7, 11) is 2.10. The van der Waals surface area contributed by atoms with Crippen LogP contribution in [0.1, 0.15) is 34.6 Å². The van der Waals surface area contributed by atoms with E-state index in [-0.39, 0.29) is 11.7 Å². The van der Waals surface area contributed by atoms with Crippen LogP contribution in [0, 0.1) is 17.1 Å². The molecule has 0 fully saturated rings. The smallest absolute Gasteiger partial charge is 0.127 e. The standard InChI is InChI=1S/C24H21FN2/c1-27-13-12-22(23-8-4-5-9-24(23)25)21-11-10-17(14-19(21)16-27)20-7-3-2-6-18(20)15-26/h2-11,14,22H,12-13,16H2,1H3. The van der Waals surface area contributed by atoms with E-state index in [9.17, 15) is 9.65 Å². The van der Waals surface area contributed by atoms with Crippen LogP contribution in [0.15, 0.2) is 66.7 Å². The van der Waals surface area contributed by atoms with Gasteiger partial charge in [0.15, 0.2) is 0 Å². The molecular formula is C24H21FN2. The molecule has 0 radical (unpaired) electrons. The highest BCUT2D eigenvalue weighted by Gasteiger charge is 2.25. The average molecular weight is 356 g/mol. The van der Waals surface area contributed by atoms with Crippen molar-refractivity contribution in [1.82, 2.24) is 4.90 Å². The minimum Gasteiger partial charge on any atom is -0.302 e. The van der Waals surface area contributed by atoms with Gasteiger partial charge in [-0.25, -0.2) is 4.39 Å². The van der Waals surface area contributed by atoms with Crippen LogP contribution < -0.4 is 0 Å². The molecule has 0 bridgehead atoms. The predicted molar refractivity (Wildman–Crippen MR) is 106 cm³/mol. The van der Waals surface area contributed by atoms with Gasteiger partial charge in [0.1, 0.15) is 5.82 Å². The molecule has 2 nitrogen and oxygen atoms in total. The normalized spacial score (nSPS) is 17.0. The SMILES string of the molecule is CN1CCC(c2ccccc2F)c2ccc(-c3ccccc3C#N)cc2C1. The van der Waals surface area contributed by atoms with Crippen LogP contribution in [-0.2, 0) is 6.54 Å². The second kappa shape index (κ2) is 7.34. The highest BCUT2D eigenvalue weighted by atomic mass is 19.1. The number of nitriles is 1. The van der Waals surface area contributed by atoms with E-state index in [2.05, 4.69) is 36.2 Å². The van der Waals surface area contributed by atoms with Gasteiger partial charge in [-0.1, -0.05) is 48.5 Å². The summed E-state index contributed by atoms with van der Waals surface area (Å²) in [5.74, 6) is -0.0942. The van der Waals surface area contributed by atoms with Crippen LogP contribution in [0.4, 0.5) is 4.39 Å². The van der Waals surface area contributed by atoms with Crippen molar-refractivity contribution in [1.29, 1.82) is 5.26 Å². The first kappa shape index (κ1) is 17.5. The van der Waals surface area contributed by atoms with Gasteiger partial charge in [-0.2, -0.15) is 5.26 Å². The fourth-order valence-corrected chi connectivity index (χ4v) is 4.04. The third-order valence-corrected chi connectivity index (χ3v) is 5.40. The monoisotopic (exact) mass is 356 g/mol. The number of nitrogens with zero attached hydrogens (tertiary/aromatic N) is 2. The summed E-state index contributed by atoms with van der Waals surface area (Å²) >= 11 is 0. The summed E-state index contributed by atoms with van der Waals surface area (Å²) in [6.45, 7) is 1.74. The van der Waals surface area contributed by atoms with Crippen LogP contribution in [0.25, 0.3) is 11.1 Å². The number of fused-ring (bicyclic) bond motifs is 1. The predicted octanol–water partition coefficient (Wildman–Crippen LogP) is 5.33. The van der Waals surface area contributed by atoms with Crippen LogP contribution in [-0.4, -0.2) is 18.5 Å². The molecule has 1 unspecified atom stereocenters. The fraction of sp³-hybridized carbons (Fsp3) is 0.208. The van der Waals surface area contributed by atoms with Crippen LogP contribution >= 0.6 is 0 Å². The minimum absolute atomic E-state index is 0.0476. The Balaban J connectivity index is 1.84. The minimum atomic E-state index is -0.142. The lowest BCUT2D eigenvalue weighted by molar-refractivity contribution is 0.328. The van der Waals surface area contributed by atoms with E-state index in [1.807, 2.05) is 36.4 Å². The molecule has 1 atom stereocenters. The summed E-state index contributed by atoms with van der Waals surface area (Å²) in [5, 5.41) is 9.43. The molecule has 4 rings (SSSR count). The largest absolute Gasteiger partial charge is 0.302 e. The topological polar surface area (TPSA) is 27.0 Å². The van der Waals surface area contributed by atoms with E-state index >= 15 is 0 Å². The summed E-state index contributed by atoms with van der Waals surface area (Å²) in [6, 6.07) is 23.4. The van der Waals surface area contributed by atoms with E-state index < -0.39 is 0 Å². The van der Waals surface area contributed by atoms with E-state index in [0.29, 0.717) is 5.56 Å². The molecule has 3 heteroatoms. The lowest BCUT2D eigenvalue weighted by Crippen LogP contribution is -2.17. The van der Waals surface area contributed by atoms with Gasteiger partial charge in [-0.3, -0.25) is 0 Å². The van der Waals surface area contributed by atoms with Gasteiger partial charge in [0.2, 0.25) is 0 Å². The lowest BCUT2D eigenvalue weighted by atomic mass is 9.85. The van der Waals surface area contributed by atoms with Gasteiger partial charge in [0, 0.05) is 12.5 Å². The molecule has 1 aliphatic rings. The maximum absolute atomic E-state index is 14.5. The molecule has 0 aromatic heterocycles. The Morgan fingerprint density at radius 1 is 1.00 bits per heavy atom. The molecule has 3 aromatic carbocycles. The number of hydrogen-bond donors (Lipinski definition) is 0. The molecule has 27 heavy (non-hydrogen) atoms. The Hall–Kier alpha value is -2.96. The number of rotatable bonds is 2. The molecule has 3 aromatic rings. The van der Waals surface area contributed by atoms with Crippen molar-refractivity contribution in [3.8, 4) is 17.2 Å². The number of hydrogen-bond acceptors (Lipinski definition) is 2. The highest BCUT2D eigenvalue weighted by Crippen LogP contribution is 2.37. The van der Waals surface area contributed by atoms with Crippen molar-refractivity contribution >= 4 is 0 Å². The molecule has 1 aliphatic heterocycles. The third kappa shape index (κ3) is 3.37. The van der Waals surface area contributed by atoms with Crippen LogP contribution in [0.2, 0.25) is 0 Å². The lowest BCUT2D eigenvalue weighted by Gasteiger charge is -2.19. The van der Waals surface area contributed by atoms with Gasteiger partial charge < -0.3 is 4.90 Å². The zero-order valence-electron chi connectivity index (χ0n) is 15.3. The first-order valence-corrected chi connectivity index (χ1v) is 9.22. The summed E-state index contributed by atoms with van der Waals surface area (Å²) in [6.07, 6.45) is 0.887. The Kier molecular flexibility index (Phi) is 4.75. The first-order chi connectivity index (χ1) is 13.2. The second-order valence-corrected chi connectivity index (χ2v) is 7.17. The Morgan fingerprint density at radius 3 is 2.59 bits per heavy atom. The molecule has 0 amide bonds. The Morgan fingerprint density at radius 2 is 1.78 bits per heavy atom. The zero-order valence-corrected chi connectivity index (χ0v) is 15.3. The molecule has 0 aliphatic carbocycles. The Bertz CT molecular complexity index is 1020. The van der Waals surface area contributed by atoms with Crippen molar-refractivity contribution in [2.45, 2.75) is 18.9 Å². The van der Waals surface area contributed by atoms with Crippen molar-refractivity contribution in [3.63, 3.8) is 0 Å². The molecule has 0 saturated carbocycles. The van der Waals surface area contributed by atoms with Gasteiger partial charge in [0.05, 0.1) is 11.6 Å². The summed E-state index contributed by atoms with van der Waals surface area (Å²) in [5.41, 5.74) is 5.80. The maximum Gasteiger partial charge on any atom is 0.127 e. The molecular weight excluding hydrogens is 335 g/mol. The molecule has 1 heterocycles. The van der Waals surface area contributed by atoms with Crippen molar-refractivity contribution in [2.24, 2.45) is 0 Å². The highest BCUT2D eigenvalue weighted by molar-refractivity contribution is 5.71. The molecule has 134 valence electrons. The third-order valence-electron chi connectivity index (χ3n) is 5.40. The van der Waals surface area contributed by atoms with E-state index in [1.54, 1.807) is 12.1 Å². The summed E-state index contributed by atoms with van der Waals surface area (Å²) < 4.78 is 14.5. The summed E-state index contributed by atoms with van der Waals surface area (Å²) in [4.78, 5) is 2.28. The van der Waals surface area contributed by atoms with Gasteiger partial charge in [-0.05, 0) is 66.0 Å². The van der Waals surface area contributed by atoms with Gasteiger partial charge in [-0.15, -0.1) is 0 Å². The fourth-order valence-electron chi connectivity index (χ4n) is 4.04. The quantitative estimate of drug-likeness (QED) is 0.620. The van der Waals surface area contributed by atoms with Crippen LogP contribution in [0.3, 0.4) is 0 Å². The van der Waals surface area contributed by atoms with Crippen LogP contribution in [0.5, 0.6) is 0 Å². The van der Waals surface area contributed by atoms with E-state index in [1.165, 1.54) is 11.1 Å². The second-order valence-electron chi connectivity index (χ2n) is 7.17. The molecule has 0 spiro atoms. The van der Waals surface area contributed by atoms with Crippen molar-refractivity contribution in [2.75, 3.05) is 13.6 Å². The van der Waals surface area contributed by atoms with Gasteiger partial charge >= 0.3 is 0 Å². The van der Waals surface area contributed by atoms with Crippen molar-refractivity contribution < 1.29 is 4.39 Å².